The molecule has 3 heteroatoms. The van der Waals surface area contributed by atoms with E-state index in [2.05, 4.69) is 5.32 Å². The van der Waals surface area contributed by atoms with Gasteiger partial charge in [-0.1, -0.05) is 0 Å². The summed E-state index contributed by atoms with van der Waals surface area (Å²) in [7, 11) is 0. The van der Waals surface area contributed by atoms with E-state index in [9.17, 15) is 9.90 Å². The smallest absolute Gasteiger partial charge is 0.221 e. The summed E-state index contributed by atoms with van der Waals surface area (Å²) in [5.41, 5.74) is 2.00. The van der Waals surface area contributed by atoms with Crippen molar-refractivity contribution in [3.05, 3.63) is 23.3 Å². The third-order valence-corrected chi connectivity index (χ3v) is 1.78. The maximum absolute atomic E-state index is 11.3. The van der Waals surface area contributed by atoms with Gasteiger partial charge in [-0.05, 0) is 37.1 Å². The van der Waals surface area contributed by atoms with Crippen molar-refractivity contribution in [1.29, 1.82) is 0 Å². The first-order valence-electron chi connectivity index (χ1n) is 4.06. The number of aryl methyl sites for hydroxylation is 2. The van der Waals surface area contributed by atoms with E-state index in [1.807, 2.05) is 0 Å². The Morgan fingerprint density at radius 2 is 1.69 bits per heavy atom. The quantitative estimate of drug-likeness (QED) is 0.705. The largest absolute Gasteiger partial charge is 0.326 e. The monoisotopic (exact) mass is 178 g/mol. The molecule has 0 bridgehead atoms. The molecule has 0 aromatic heterocycles. The molecule has 0 spiro atoms. The molecule has 0 atom stereocenters. The van der Waals surface area contributed by atoms with Crippen molar-refractivity contribution < 1.29 is 9.90 Å². The van der Waals surface area contributed by atoms with Gasteiger partial charge >= 0.3 is 0 Å². The summed E-state index contributed by atoms with van der Waals surface area (Å²) < 4.78 is 0. The van der Waals surface area contributed by atoms with Gasteiger partial charge in [0.2, 0.25) is 5.91 Å². The maximum atomic E-state index is 11.3. The van der Waals surface area contributed by atoms with Gasteiger partial charge in [0.25, 0.3) is 0 Å². The molecule has 0 aliphatic heterocycles. The van der Waals surface area contributed by atoms with E-state index in [0.29, 0.717) is 16.8 Å². The zero-order valence-corrected chi connectivity index (χ0v) is 7.97. The molecular formula is C10H12NO2. The molecule has 13 heavy (non-hydrogen) atoms. The van der Waals surface area contributed by atoms with Crippen molar-refractivity contribution >= 4 is 11.6 Å². The average Bonchev–Trinajstić information content (AvgIpc) is 1.98. The van der Waals surface area contributed by atoms with E-state index < -0.39 is 0 Å². The van der Waals surface area contributed by atoms with Crippen molar-refractivity contribution in [1.82, 2.24) is 0 Å². The minimum Gasteiger partial charge on any atom is -0.326 e. The van der Waals surface area contributed by atoms with Crippen LogP contribution in [0.1, 0.15) is 18.1 Å². The Kier molecular flexibility index (Phi) is 2.56. The second-order valence-electron chi connectivity index (χ2n) is 3.12. The highest BCUT2D eigenvalue weighted by Gasteiger charge is 2.05. The molecule has 0 saturated carbocycles. The molecule has 1 N–H and O–H groups in total. The lowest BCUT2D eigenvalue weighted by Crippen LogP contribution is -2.05. The molecule has 3 nitrogen and oxygen atoms in total. The Bertz CT molecular complexity index is 322. The van der Waals surface area contributed by atoms with Crippen molar-refractivity contribution in [3.63, 3.8) is 0 Å². The minimum absolute atomic E-state index is 0.0362. The van der Waals surface area contributed by atoms with Gasteiger partial charge in [-0.2, -0.15) is 0 Å². The number of nitrogens with one attached hydrogen (secondary N) is 1. The second-order valence-corrected chi connectivity index (χ2v) is 3.12. The second kappa shape index (κ2) is 3.47. The van der Waals surface area contributed by atoms with E-state index in [0.717, 1.165) is 0 Å². The fourth-order valence-corrected chi connectivity index (χ4v) is 1.23. The van der Waals surface area contributed by atoms with E-state index in [1.54, 1.807) is 26.0 Å². The van der Waals surface area contributed by atoms with Crippen LogP contribution in [0.25, 0.3) is 0 Å². The topological polar surface area (TPSA) is 49.0 Å². The third kappa shape index (κ3) is 2.21. The fourth-order valence-electron chi connectivity index (χ4n) is 1.23. The van der Waals surface area contributed by atoms with E-state index in [-0.39, 0.29) is 11.7 Å². The Hall–Kier alpha value is -1.51. The number of carbonyl (C=O) groups excluding carboxylic acids is 1. The Labute approximate surface area is 77.4 Å². The molecule has 0 unspecified atom stereocenters. The van der Waals surface area contributed by atoms with Crippen LogP contribution >= 0.6 is 0 Å². The summed E-state index contributed by atoms with van der Waals surface area (Å²) in [6.07, 6.45) is 0. The number of carbonyl (C=O) groups is 1. The molecular weight excluding hydrogens is 166 g/mol. The first-order chi connectivity index (χ1) is 6.00. The molecule has 1 radical (unpaired) electrons. The molecule has 1 aromatic rings. The molecule has 0 saturated heterocycles. The number of rotatable bonds is 1. The van der Waals surface area contributed by atoms with Crippen molar-refractivity contribution in [2.45, 2.75) is 20.8 Å². The number of hydrogen-bond donors (Lipinski definition) is 1. The molecule has 0 aliphatic carbocycles. The standard InChI is InChI=1S/C10H12NO2/c1-6-4-9(11-8(3)12)5-7(2)10(6)13/h4-5H,1-3H3,(H,11,12). The predicted molar refractivity (Wildman–Crippen MR) is 50.4 cm³/mol. The van der Waals surface area contributed by atoms with Crippen LogP contribution < -0.4 is 5.32 Å². The maximum Gasteiger partial charge on any atom is 0.221 e. The van der Waals surface area contributed by atoms with Gasteiger partial charge < -0.3 is 5.32 Å². The summed E-state index contributed by atoms with van der Waals surface area (Å²) in [6.45, 7) is 4.91. The first kappa shape index (κ1) is 9.58. The van der Waals surface area contributed by atoms with Crippen LogP contribution in [0.15, 0.2) is 12.1 Å². The molecule has 0 heterocycles. The lowest BCUT2D eigenvalue weighted by molar-refractivity contribution is -0.114. The predicted octanol–water partition coefficient (Wildman–Crippen LogP) is 2.41. The summed E-state index contributed by atoms with van der Waals surface area (Å²) in [5.74, 6) is -0.0912. The lowest BCUT2D eigenvalue weighted by atomic mass is 10.1. The average molecular weight is 178 g/mol. The first-order valence-corrected chi connectivity index (χ1v) is 4.06. The zero-order chi connectivity index (χ0) is 10.0. The molecule has 0 fully saturated rings. The number of anilines is 1. The Balaban J connectivity index is 3.06. The van der Waals surface area contributed by atoms with E-state index >= 15 is 0 Å². The number of benzene rings is 1. The molecule has 1 amide bonds. The van der Waals surface area contributed by atoms with Gasteiger partial charge in [0, 0.05) is 12.6 Å². The minimum atomic E-state index is -0.127. The fraction of sp³-hybridized carbons (Fsp3) is 0.300. The van der Waals surface area contributed by atoms with Crippen molar-refractivity contribution in [2.75, 3.05) is 5.32 Å². The number of amides is 1. The van der Waals surface area contributed by atoms with Crippen LogP contribution in [-0.4, -0.2) is 5.91 Å². The summed E-state index contributed by atoms with van der Waals surface area (Å²) >= 11 is 0. The highest BCUT2D eigenvalue weighted by atomic mass is 16.3. The van der Waals surface area contributed by atoms with E-state index in [4.69, 9.17) is 0 Å². The Morgan fingerprint density at radius 1 is 1.23 bits per heavy atom. The van der Waals surface area contributed by atoms with Crippen LogP contribution in [0.4, 0.5) is 5.69 Å². The van der Waals surface area contributed by atoms with Crippen LogP contribution in [0.3, 0.4) is 0 Å². The third-order valence-electron chi connectivity index (χ3n) is 1.78. The van der Waals surface area contributed by atoms with Crippen LogP contribution in [0.5, 0.6) is 5.75 Å². The van der Waals surface area contributed by atoms with Crippen LogP contribution in [0, 0.1) is 13.8 Å². The molecule has 69 valence electrons. The molecule has 0 aliphatic rings. The molecule has 1 rings (SSSR count). The highest BCUT2D eigenvalue weighted by molar-refractivity contribution is 5.89. The van der Waals surface area contributed by atoms with Gasteiger partial charge in [-0.15, -0.1) is 0 Å². The lowest BCUT2D eigenvalue weighted by Gasteiger charge is -2.05. The normalized spacial score (nSPS) is 9.77. The van der Waals surface area contributed by atoms with Crippen LogP contribution in [0.2, 0.25) is 0 Å². The van der Waals surface area contributed by atoms with Gasteiger partial charge in [0.15, 0.2) is 5.75 Å². The van der Waals surface area contributed by atoms with Gasteiger partial charge in [-0.3, -0.25) is 9.90 Å². The SMILES string of the molecule is CC(=O)Nc1cc(C)c([O])c(C)c1. The van der Waals surface area contributed by atoms with Gasteiger partial charge in [0.05, 0.1) is 0 Å². The van der Waals surface area contributed by atoms with Crippen molar-refractivity contribution in [3.8, 4) is 5.75 Å². The van der Waals surface area contributed by atoms with Crippen LogP contribution in [-0.2, 0) is 9.90 Å². The van der Waals surface area contributed by atoms with Gasteiger partial charge in [-0.25, -0.2) is 0 Å². The Morgan fingerprint density at radius 3 is 2.08 bits per heavy atom. The summed E-state index contributed by atoms with van der Waals surface area (Å²) in [5, 5.41) is 13.9. The zero-order valence-electron chi connectivity index (χ0n) is 7.97. The molecule has 1 aromatic carbocycles. The summed E-state index contributed by atoms with van der Waals surface area (Å²) in [4.78, 5) is 10.7. The summed E-state index contributed by atoms with van der Waals surface area (Å²) in [6, 6.07) is 3.35. The van der Waals surface area contributed by atoms with Gasteiger partial charge in [0.1, 0.15) is 0 Å². The van der Waals surface area contributed by atoms with E-state index in [1.165, 1.54) is 6.92 Å². The highest BCUT2D eigenvalue weighted by Crippen LogP contribution is 2.25. The number of hydrogen-bond acceptors (Lipinski definition) is 1. The van der Waals surface area contributed by atoms with Crippen molar-refractivity contribution in [2.24, 2.45) is 0 Å².